The Labute approximate surface area is 128 Å². The molecule has 108 valence electrons. The van der Waals surface area contributed by atoms with Crippen LogP contribution in [0.4, 0.5) is 13.2 Å². The van der Waals surface area contributed by atoms with Gasteiger partial charge >= 0.3 is 0 Å². The first-order valence-corrected chi connectivity index (χ1v) is 7.79. The Bertz CT molecular complexity index is 577. The van der Waals surface area contributed by atoms with Gasteiger partial charge in [0, 0.05) is 44.9 Å². The van der Waals surface area contributed by atoms with Crippen LogP contribution in [0.25, 0.3) is 0 Å². The Hall–Kier alpha value is -0.850. The van der Waals surface area contributed by atoms with Crippen molar-refractivity contribution in [2.24, 2.45) is 0 Å². The maximum absolute atomic E-state index is 13.9. The van der Waals surface area contributed by atoms with E-state index in [0.29, 0.717) is 25.1 Å². The molecule has 0 bridgehead atoms. The van der Waals surface area contributed by atoms with Crippen molar-refractivity contribution < 1.29 is 13.2 Å². The van der Waals surface area contributed by atoms with Gasteiger partial charge in [-0.15, -0.1) is 11.3 Å². The van der Waals surface area contributed by atoms with Gasteiger partial charge in [-0.2, -0.15) is 0 Å². The Morgan fingerprint density at radius 1 is 1.20 bits per heavy atom. The van der Waals surface area contributed by atoms with Crippen molar-refractivity contribution in [3.63, 3.8) is 0 Å². The molecule has 0 fully saturated rings. The molecule has 0 aliphatic carbocycles. The van der Waals surface area contributed by atoms with Gasteiger partial charge in [-0.1, -0.05) is 6.92 Å². The molecule has 2 aromatic rings. The summed E-state index contributed by atoms with van der Waals surface area (Å²) in [6.45, 7) is 2.42. The predicted molar refractivity (Wildman–Crippen MR) is 78.5 cm³/mol. The van der Waals surface area contributed by atoms with Crippen molar-refractivity contribution in [2.45, 2.75) is 19.4 Å². The smallest absolute Gasteiger partial charge is 0.133 e. The summed E-state index contributed by atoms with van der Waals surface area (Å²) in [6, 6.07) is 2.82. The monoisotopic (exact) mass is 363 g/mol. The number of halogens is 4. The van der Waals surface area contributed by atoms with Crippen LogP contribution < -0.4 is 5.32 Å². The van der Waals surface area contributed by atoms with Gasteiger partial charge in [0.05, 0.1) is 0 Å². The fraction of sp³-hybridized carbons (Fsp3) is 0.286. The number of thiophene rings is 1. The largest absolute Gasteiger partial charge is 0.310 e. The van der Waals surface area contributed by atoms with Gasteiger partial charge in [0.25, 0.3) is 0 Å². The molecule has 1 aromatic heterocycles. The normalized spacial score (nSPS) is 12.7. The van der Waals surface area contributed by atoms with Crippen molar-refractivity contribution in [2.75, 3.05) is 6.54 Å². The zero-order chi connectivity index (χ0) is 14.7. The van der Waals surface area contributed by atoms with E-state index in [1.165, 1.54) is 11.3 Å². The van der Waals surface area contributed by atoms with E-state index >= 15 is 0 Å². The molecule has 0 amide bonds. The molecule has 1 heterocycles. The molecule has 0 spiro atoms. The molecule has 20 heavy (non-hydrogen) atoms. The lowest BCUT2D eigenvalue weighted by atomic mass is 10.0. The summed E-state index contributed by atoms with van der Waals surface area (Å²) in [7, 11) is 0. The van der Waals surface area contributed by atoms with Crippen LogP contribution in [-0.4, -0.2) is 6.54 Å². The summed E-state index contributed by atoms with van der Waals surface area (Å²) < 4.78 is 41.7. The van der Waals surface area contributed by atoms with Crippen LogP contribution >= 0.6 is 27.3 Å². The minimum absolute atomic E-state index is 0.113. The second kappa shape index (κ2) is 6.74. The van der Waals surface area contributed by atoms with Crippen molar-refractivity contribution in [1.82, 2.24) is 5.32 Å². The van der Waals surface area contributed by atoms with Gasteiger partial charge < -0.3 is 5.32 Å². The molecule has 0 saturated carbocycles. The van der Waals surface area contributed by atoms with E-state index in [0.717, 1.165) is 9.35 Å². The topological polar surface area (TPSA) is 12.0 Å². The summed E-state index contributed by atoms with van der Waals surface area (Å²) in [5.41, 5.74) is -0.113. The molecule has 0 saturated heterocycles. The molecule has 2 rings (SSSR count). The summed E-state index contributed by atoms with van der Waals surface area (Å²) in [5.74, 6) is -2.62. The lowest BCUT2D eigenvalue weighted by Crippen LogP contribution is -2.25. The van der Waals surface area contributed by atoms with Crippen LogP contribution in [-0.2, 0) is 6.42 Å². The van der Waals surface area contributed by atoms with Crippen LogP contribution in [0.1, 0.15) is 23.4 Å². The summed E-state index contributed by atoms with van der Waals surface area (Å²) in [6.07, 6.45) is 0.448. The van der Waals surface area contributed by atoms with Crippen molar-refractivity contribution in [3.05, 3.63) is 55.9 Å². The molecule has 1 unspecified atom stereocenters. The van der Waals surface area contributed by atoms with E-state index in [1.54, 1.807) is 0 Å². The average molecular weight is 364 g/mol. The summed E-state index contributed by atoms with van der Waals surface area (Å²) in [4.78, 5) is 0.992. The molecule has 6 heteroatoms. The minimum Gasteiger partial charge on any atom is -0.310 e. The second-order valence-electron chi connectivity index (χ2n) is 4.33. The Morgan fingerprint density at radius 2 is 1.85 bits per heavy atom. The van der Waals surface area contributed by atoms with Crippen LogP contribution in [0, 0.1) is 17.5 Å². The highest BCUT2D eigenvalue weighted by Gasteiger charge is 2.21. The first kappa shape index (κ1) is 15.5. The van der Waals surface area contributed by atoms with E-state index in [1.807, 2.05) is 18.4 Å². The number of benzene rings is 1. The number of hydrogen-bond donors (Lipinski definition) is 1. The van der Waals surface area contributed by atoms with E-state index in [-0.39, 0.29) is 5.56 Å². The van der Waals surface area contributed by atoms with Gasteiger partial charge in [0.15, 0.2) is 0 Å². The minimum atomic E-state index is -0.905. The van der Waals surface area contributed by atoms with E-state index in [9.17, 15) is 13.2 Å². The molecular weight excluding hydrogens is 351 g/mol. The van der Waals surface area contributed by atoms with E-state index < -0.39 is 23.5 Å². The lowest BCUT2D eigenvalue weighted by Gasteiger charge is -2.19. The zero-order valence-electron chi connectivity index (χ0n) is 10.7. The van der Waals surface area contributed by atoms with Crippen LogP contribution in [0.3, 0.4) is 0 Å². The van der Waals surface area contributed by atoms with Crippen LogP contribution in [0.2, 0.25) is 0 Å². The van der Waals surface area contributed by atoms with E-state index in [2.05, 4.69) is 21.2 Å². The molecule has 0 aliphatic heterocycles. The van der Waals surface area contributed by atoms with Gasteiger partial charge in [-0.05, 0) is 28.5 Å². The molecule has 0 radical (unpaired) electrons. The molecular formula is C14H13BrF3NS. The van der Waals surface area contributed by atoms with Gasteiger partial charge in [-0.3, -0.25) is 0 Å². The number of rotatable bonds is 5. The van der Waals surface area contributed by atoms with Crippen LogP contribution in [0.15, 0.2) is 28.1 Å². The fourth-order valence-corrected chi connectivity index (χ4v) is 3.57. The summed E-state index contributed by atoms with van der Waals surface area (Å²) >= 11 is 4.86. The zero-order valence-corrected chi connectivity index (χ0v) is 13.1. The SMILES string of the molecule is CCNC(Cc1cc(Br)cs1)c1c(F)cc(F)cc1F. The molecule has 1 atom stereocenters. The van der Waals surface area contributed by atoms with Crippen molar-refractivity contribution >= 4 is 27.3 Å². The Balaban J connectivity index is 2.33. The second-order valence-corrected chi connectivity index (χ2v) is 6.24. The third-order valence-electron chi connectivity index (χ3n) is 2.87. The Kier molecular flexibility index (Phi) is 5.23. The molecule has 1 aromatic carbocycles. The summed E-state index contributed by atoms with van der Waals surface area (Å²) in [5, 5.41) is 4.96. The Morgan fingerprint density at radius 3 is 2.35 bits per heavy atom. The average Bonchev–Trinajstić information content (AvgIpc) is 2.73. The van der Waals surface area contributed by atoms with Gasteiger partial charge in [0.2, 0.25) is 0 Å². The van der Waals surface area contributed by atoms with E-state index in [4.69, 9.17) is 0 Å². The highest BCUT2D eigenvalue weighted by atomic mass is 79.9. The molecule has 1 nitrogen and oxygen atoms in total. The third-order valence-corrected chi connectivity index (χ3v) is 4.59. The highest BCUT2D eigenvalue weighted by molar-refractivity contribution is 9.10. The molecule has 1 N–H and O–H groups in total. The predicted octanol–water partition coefficient (Wildman–Crippen LogP) is 4.82. The van der Waals surface area contributed by atoms with Crippen molar-refractivity contribution in [1.29, 1.82) is 0 Å². The van der Waals surface area contributed by atoms with Gasteiger partial charge in [0.1, 0.15) is 17.5 Å². The van der Waals surface area contributed by atoms with Crippen molar-refractivity contribution in [3.8, 4) is 0 Å². The standard InChI is InChI=1S/C14H13BrF3NS/c1-2-19-13(6-10-3-8(15)7-20-10)14-11(17)4-9(16)5-12(14)18/h3-5,7,13,19H,2,6H2,1H3. The highest BCUT2D eigenvalue weighted by Crippen LogP contribution is 2.28. The van der Waals surface area contributed by atoms with Gasteiger partial charge in [-0.25, -0.2) is 13.2 Å². The lowest BCUT2D eigenvalue weighted by molar-refractivity contribution is 0.463. The first-order valence-electron chi connectivity index (χ1n) is 6.12. The number of nitrogens with one attached hydrogen (secondary N) is 1. The quantitative estimate of drug-likeness (QED) is 0.802. The maximum Gasteiger partial charge on any atom is 0.133 e. The fourth-order valence-electron chi connectivity index (χ4n) is 2.07. The first-order chi connectivity index (χ1) is 9.51. The van der Waals surface area contributed by atoms with Crippen LogP contribution in [0.5, 0.6) is 0 Å². The third kappa shape index (κ3) is 3.62. The maximum atomic E-state index is 13.9. The molecule has 0 aliphatic rings. The number of likely N-dealkylation sites (N-methyl/N-ethyl adjacent to an activating group) is 1. The number of hydrogen-bond acceptors (Lipinski definition) is 2.